The van der Waals surface area contributed by atoms with Crippen molar-refractivity contribution in [3.8, 4) is 5.75 Å². The Hall–Kier alpha value is -1.89. The van der Waals surface area contributed by atoms with Crippen molar-refractivity contribution in [1.82, 2.24) is 4.31 Å². The second-order valence-electron chi connectivity index (χ2n) is 7.16. The summed E-state index contributed by atoms with van der Waals surface area (Å²) in [6.45, 7) is 6.44. The lowest BCUT2D eigenvalue weighted by atomic mass is 10.1. The van der Waals surface area contributed by atoms with Gasteiger partial charge in [-0.05, 0) is 56.0 Å². The zero-order valence-electron chi connectivity index (χ0n) is 16.3. The molecule has 0 saturated carbocycles. The van der Waals surface area contributed by atoms with Crippen LogP contribution in [0.5, 0.6) is 5.75 Å². The molecule has 2 atom stereocenters. The summed E-state index contributed by atoms with van der Waals surface area (Å²) in [6, 6.07) is 13.3. The topological polar surface area (TPSA) is 55.8 Å². The highest BCUT2D eigenvalue weighted by Gasteiger charge is 2.37. The normalized spacial score (nSPS) is 21.2. The van der Waals surface area contributed by atoms with E-state index in [1.165, 1.54) is 7.11 Å². The van der Waals surface area contributed by atoms with E-state index in [2.05, 4.69) is 0 Å². The van der Waals surface area contributed by atoms with Crippen LogP contribution >= 0.6 is 0 Å². The first-order chi connectivity index (χ1) is 12.8. The third-order valence-electron chi connectivity index (χ3n) is 5.12. The Balaban J connectivity index is 1.89. The first-order valence-corrected chi connectivity index (χ1v) is 10.6. The second kappa shape index (κ2) is 8.00. The van der Waals surface area contributed by atoms with E-state index >= 15 is 0 Å². The highest BCUT2D eigenvalue weighted by molar-refractivity contribution is 7.89. The van der Waals surface area contributed by atoms with Crippen LogP contribution in [0.4, 0.5) is 0 Å². The smallest absolute Gasteiger partial charge is 0.247 e. The maximum Gasteiger partial charge on any atom is 0.247 e. The van der Waals surface area contributed by atoms with Gasteiger partial charge in [-0.2, -0.15) is 4.31 Å². The summed E-state index contributed by atoms with van der Waals surface area (Å²) in [6.07, 6.45) is 0.514. The van der Waals surface area contributed by atoms with Crippen LogP contribution in [-0.4, -0.2) is 45.1 Å². The van der Waals surface area contributed by atoms with Gasteiger partial charge in [0.05, 0.1) is 19.8 Å². The summed E-state index contributed by atoms with van der Waals surface area (Å²) in [5, 5.41) is 0. The molecule has 146 valence electrons. The molecular weight excluding hydrogens is 362 g/mol. The lowest BCUT2D eigenvalue weighted by Crippen LogP contribution is -2.51. The third-order valence-corrected chi connectivity index (χ3v) is 7.12. The Morgan fingerprint density at radius 1 is 1.15 bits per heavy atom. The van der Waals surface area contributed by atoms with Crippen molar-refractivity contribution in [1.29, 1.82) is 0 Å². The molecular formula is C21H27NO4S. The molecule has 0 aromatic heterocycles. The van der Waals surface area contributed by atoms with Crippen LogP contribution < -0.4 is 4.74 Å². The van der Waals surface area contributed by atoms with Crippen molar-refractivity contribution < 1.29 is 17.9 Å². The molecule has 0 radical (unpaired) electrons. The van der Waals surface area contributed by atoms with Gasteiger partial charge in [-0.25, -0.2) is 8.42 Å². The number of morpholine rings is 1. The number of hydrogen-bond donors (Lipinski definition) is 0. The van der Waals surface area contributed by atoms with E-state index in [-0.39, 0.29) is 17.0 Å². The van der Waals surface area contributed by atoms with Crippen LogP contribution in [0.2, 0.25) is 0 Å². The molecule has 2 aromatic rings. The summed E-state index contributed by atoms with van der Waals surface area (Å²) in [5.41, 5.74) is 3.07. The van der Waals surface area contributed by atoms with Gasteiger partial charge in [-0.3, -0.25) is 0 Å². The van der Waals surface area contributed by atoms with Gasteiger partial charge in [0, 0.05) is 12.6 Å². The van der Waals surface area contributed by atoms with Crippen LogP contribution in [0.3, 0.4) is 0 Å². The average Bonchev–Trinajstić information content (AvgIpc) is 2.65. The standard InChI is InChI=1S/C21H27NO4S/c1-15-10-20(25-4)21(11-16(15)2)27(23,24)22-13-19(26-14-17(22)3)12-18-8-6-5-7-9-18/h5-11,17,19H,12-14H2,1-4H3. The van der Waals surface area contributed by atoms with E-state index in [1.54, 1.807) is 16.4 Å². The SMILES string of the molecule is COc1cc(C)c(C)cc1S(=O)(=O)N1CC(Cc2ccccc2)OCC1C. The van der Waals surface area contributed by atoms with Gasteiger partial charge >= 0.3 is 0 Å². The van der Waals surface area contributed by atoms with E-state index in [9.17, 15) is 8.42 Å². The Kier molecular flexibility index (Phi) is 5.89. The van der Waals surface area contributed by atoms with E-state index in [1.807, 2.05) is 51.1 Å². The fraction of sp³-hybridized carbons (Fsp3) is 0.429. The summed E-state index contributed by atoms with van der Waals surface area (Å²) >= 11 is 0. The number of hydrogen-bond acceptors (Lipinski definition) is 4. The molecule has 3 rings (SSSR count). The molecule has 0 amide bonds. The summed E-state index contributed by atoms with van der Waals surface area (Å²) in [4.78, 5) is 0.223. The fourth-order valence-corrected chi connectivity index (χ4v) is 5.25. The molecule has 5 nitrogen and oxygen atoms in total. The molecule has 1 aliphatic rings. The van der Waals surface area contributed by atoms with Gasteiger partial charge in [-0.15, -0.1) is 0 Å². The zero-order chi connectivity index (χ0) is 19.6. The molecule has 0 aliphatic carbocycles. The van der Waals surface area contributed by atoms with Gasteiger partial charge in [0.15, 0.2) is 0 Å². The summed E-state index contributed by atoms with van der Waals surface area (Å²) in [5.74, 6) is 0.386. The van der Waals surface area contributed by atoms with Crippen LogP contribution in [-0.2, 0) is 21.2 Å². The Morgan fingerprint density at radius 2 is 1.81 bits per heavy atom. The molecule has 0 bridgehead atoms. The van der Waals surface area contributed by atoms with Crippen molar-refractivity contribution >= 4 is 10.0 Å². The largest absolute Gasteiger partial charge is 0.495 e. The molecule has 1 heterocycles. The quantitative estimate of drug-likeness (QED) is 0.787. The Labute approximate surface area is 162 Å². The van der Waals surface area contributed by atoms with Crippen LogP contribution in [0, 0.1) is 13.8 Å². The number of aryl methyl sites for hydroxylation is 2. The summed E-state index contributed by atoms with van der Waals surface area (Å²) < 4.78 is 39.7. The van der Waals surface area contributed by atoms with Gasteiger partial charge in [0.25, 0.3) is 0 Å². The average molecular weight is 390 g/mol. The molecule has 0 N–H and O–H groups in total. The zero-order valence-corrected chi connectivity index (χ0v) is 17.1. The number of rotatable bonds is 5. The number of sulfonamides is 1. The number of benzene rings is 2. The predicted molar refractivity (Wildman–Crippen MR) is 106 cm³/mol. The highest BCUT2D eigenvalue weighted by Crippen LogP contribution is 2.32. The second-order valence-corrected chi connectivity index (χ2v) is 9.02. The fourth-order valence-electron chi connectivity index (χ4n) is 3.38. The molecule has 1 saturated heterocycles. The Bertz CT molecular complexity index is 896. The van der Waals surface area contributed by atoms with E-state index < -0.39 is 10.0 Å². The lowest BCUT2D eigenvalue weighted by molar-refractivity contribution is -0.0265. The maximum atomic E-state index is 13.4. The first-order valence-electron chi connectivity index (χ1n) is 9.15. The minimum Gasteiger partial charge on any atom is -0.495 e. The highest BCUT2D eigenvalue weighted by atomic mass is 32.2. The monoisotopic (exact) mass is 389 g/mol. The van der Waals surface area contributed by atoms with Gasteiger partial charge in [-0.1, -0.05) is 30.3 Å². The number of nitrogens with zero attached hydrogens (tertiary/aromatic N) is 1. The van der Waals surface area contributed by atoms with Crippen LogP contribution in [0.15, 0.2) is 47.4 Å². The third kappa shape index (κ3) is 4.18. The Morgan fingerprint density at radius 3 is 2.48 bits per heavy atom. The van der Waals surface area contributed by atoms with Crippen molar-refractivity contribution in [2.24, 2.45) is 0 Å². The predicted octanol–water partition coefficient (Wildman–Crippen LogP) is 3.33. The molecule has 2 unspecified atom stereocenters. The van der Waals surface area contributed by atoms with Crippen molar-refractivity contribution in [3.63, 3.8) is 0 Å². The number of methoxy groups -OCH3 is 1. The van der Waals surface area contributed by atoms with Crippen LogP contribution in [0.1, 0.15) is 23.6 Å². The lowest BCUT2D eigenvalue weighted by Gasteiger charge is -2.37. The van der Waals surface area contributed by atoms with Crippen molar-refractivity contribution in [2.45, 2.75) is 44.2 Å². The molecule has 1 fully saturated rings. The molecule has 0 spiro atoms. The van der Waals surface area contributed by atoms with Gasteiger partial charge < -0.3 is 9.47 Å². The molecule has 27 heavy (non-hydrogen) atoms. The van der Waals surface area contributed by atoms with Crippen molar-refractivity contribution in [2.75, 3.05) is 20.3 Å². The summed E-state index contributed by atoms with van der Waals surface area (Å²) in [7, 11) is -2.19. The number of ether oxygens (including phenoxy) is 2. The van der Waals surface area contributed by atoms with Crippen molar-refractivity contribution in [3.05, 3.63) is 59.2 Å². The maximum absolute atomic E-state index is 13.4. The van der Waals surface area contributed by atoms with E-state index in [0.717, 1.165) is 16.7 Å². The molecule has 6 heteroatoms. The molecule has 2 aromatic carbocycles. The minimum atomic E-state index is -3.69. The minimum absolute atomic E-state index is 0.170. The molecule has 1 aliphatic heterocycles. The van der Waals surface area contributed by atoms with E-state index in [4.69, 9.17) is 9.47 Å². The van der Waals surface area contributed by atoms with E-state index in [0.29, 0.717) is 25.3 Å². The first kappa shape index (κ1) is 19.9. The van der Waals surface area contributed by atoms with Gasteiger partial charge in [0.1, 0.15) is 10.6 Å². The van der Waals surface area contributed by atoms with Gasteiger partial charge in [0.2, 0.25) is 10.0 Å². The van der Waals surface area contributed by atoms with Crippen LogP contribution in [0.25, 0.3) is 0 Å².